The number of sulfonamides is 1. The highest BCUT2D eigenvalue weighted by Crippen LogP contribution is 2.25. The van der Waals surface area contributed by atoms with E-state index >= 15 is 0 Å². The Labute approximate surface area is 116 Å². The van der Waals surface area contributed by atoms with Crippen LogP contribution in [0.25, 0.3) is 10.9 Å². The van der Waals surface area contributed by atoms with Crippen molar-refractivity contribution in [2.45, 2.75) is 17.4 Å². The van der Waals surface area contributed by atoms with Gasteiger partial charge in [0.15, 0.2) is 0 Å². The summed E-state index contributed by atoms with van der Waals surface area (Å²) in [5.74, 6) is 0. The predicted octanol–water partition coefficient (Wildman–Crippen LogP) is -0.228. The summed E-state index contributed by atoms with van der Waals surface area (Å²) < 4.78 is 27.0. The number of aliphatic hydroxyl groups excluding tert-OH is 2. The second-order valence-corrected chi connectivity index (χ2v) is 6.59. The van der Waals surface area contributed by atoms with Gasteiger partial charge in [-0.2, -0.15) is 0 Å². The fraction of sp³-hybridized carbons (Fsp3) is 0.333. The van der Waals surface area contributed by atoms with Gasteiger partial charge in [0.25, 0.3) is 0 Å². The highest BCUT2D eigenvalue weighted by molar-refractivity contribution is 7.89. The number of hydrogen-bond donors (Lipinski definition) is 5. The zero-order chi connectivity index (χ0) is 15.0. The molecular formula is C12H17N3O4S. The molecule has 0 aliphatic heterocycles. The summed E-state index contributed by atoms with van der Waals surface area (Å²) >= 11 is 0. The number of aromatic nitrogens is 1. The Kier molecular flexibility index (Phi) is 3.74. The van der Waals surface area contributed by atoms with Crippen LogP contribution in [0.15, 0.2) is 29.3 Å². The summed E-state index contributed by atoms with van der Waals surface area (Å²) in [5.41, 5.74) is 5.41. The van der Waals surface area contributed by atoms with Crippen molar-refractivity contribution in [1.29, 1.82) is 0 Å². The molecule has 0 fully saturated rings. The van der Waals surface area contributed by atoms with Gasteiger partial charge < -0.3 is 20.9 Å². The molecule has 1 heterocycles. The molecule has 2 aromatic rings. The molecule has 6 N–H and O–H groups in total. The number of nitrogens with two attached hydrogens (primary N) is 1. The van der Waals surface area contributed by atoms with E-state index in [-0.39, 0.29) is 4.90 Å². The normalized spacial score (nSPS) is 12.9. The van der Waals surface area contributed by atoms with Crippen molar-refractivity contribution >= 4 is 26.6 Å². The average Bonchev–Trinajstić information content (AvgIpc) is 2.81. The van der Waals surface area contributed by atoms with Crippen molar-refractivity contribution < 1.29 is 18.6 Å². The SMILES string of the molecule is CC(CO)(CO)NS(=O)(=O)c1c[nH]c2ccc(N)cc12. The van der Waals surface area contributed by atoms with E-state index in [0.717, 1.165) is 0 Å². The van der Waals surface area contributed by atoms with Crippen molar-refractivity contribution in [3.8, 4) is 0 Å². The highest BCUT2D eigenvalue weighted by Gasteiger charge is 2.31. The van der Waals surface area contributed by atoms with E-state index in [4.69, 9.17) is 5.73 Å². The number of H-pyrrole nitrogens is 1. The van der Waals surface area contributed by atoms with Crippen LogP contribution in [0.2, 0.25) is 0 Å². The lowest BCUT2D eigenvalue weighted by atomic mass is 10.1. The summed E-state index contributed by atoms with van der Waals surface area (Å²) in [4.78, 5) is 2.86. The lowest BCUT2D eigenvalue weighted by Gasteiger charge is -2.25. The van der Waals surface area contributed by atoms with Crippen LogP contribution >= 0.6 is 0 Å². The summed E-state index contributed by atoms with van der Waals surface area (Å²) in [6.07, 6.45) is 1.35. The van der Waals surface area contributed by atoms with E-state index < -0.39 is 28.8 Å². The quantitative estimate of drug-likeness (QED) is 0.487. The number of anilines is 1. The van der Waals surface area contributed by atoms with Crippen LogP contribution in [0.4, 0.5) is 5.69 Å². The van der Waals surface area contributed by atoms with Crippen LogP contribution in [-0.4, -0.2) is 42.4 Å². The minimum atomic E-state index is -3.90. The van der Waals surface area contributed by atoms with Crippen LogP contribution in [0.1, 0.15) is 6.92 Å². The van der Waals surface area contributed by atoms with Gasteiger partial charge in [-0.05, 0) is 25.1 Å². The summed E-state index contributed by atoms with van der Waals surface area (Å²) in [6.45, 7) is 0.369. The lowest BCUT2D eigenvalue weighted by Crippen LogP contribution is -2.51. The van der Waals surface area contributed by atoms with Crippen molar-refractivity contribution in [3.05, 3.63) is 24.4 Å². The average molecular weight is 299 g/mol. The van der Waals surface area contributed by atoms with Crippen LogP contribution in [-0.2, 0) is 10.0 Å². The molecule has 1 aromatic heterocycles. The molecule has 0 spiro atoms. The van der Waals surface area contributed by atoms with E-state index in [1.54, 1.807) is 18.2 Å². The van der Waals surface area contributed by atoms with Crippen molar-refractivity contribution in [1.82, 2.24) is 9.71 Å². The molecular weight excluding hydrogens is 282 g/mol. The zero-order valence-electron chi connectivity index (χ0n) is 10.9. The van der Waals surface area contributed by atoms with Crippen LogP contribution < -0.4 is 10.5 Å². The van der Waals surface area contributed by atoms with E-state index in [2.05, 4.69) is 9.71 Å². The van der Waals surface area contributed by atoms with E-state index in [0.29, 0.717) is 16.6 Å². The molecule has 110 valence electrons. The van der Waals surface area contributed by atoms with Gasteiger partial charge in [0.05, 0.1) is 18.8 Å². The molecule has 0 aliphatic rings. The maximum absolute atomic E-state index is 12.4. The molecule has 1 aromatic carbocycles. The number of aliphatic hydroxyl groups is 2. The predicted molar refractivity (Wildman–Crippen MR) is 75.6 cm³/mol. The Morgan fingerprint density at radius 1 is 1.35 bits per heavy atom. The Morgan fingerprint density at radius 2 is 2.00 bits per heavy atom. The van der Waals surface area contributed by atoms with Gasteiger partial charge in [-0.1, -0.05) is 0 Å². The smallest absolute Gasteiger partial charge is 0.243 e. The monoisotopic (exact) mass is 299 g/mol. The van der Waals surface area contributed by atoms with Gasteiger partial charge in [-0.25, -0.2) is 13.1 Å². The third-order valence-corrected chi connectivity index (χ3v) is 4.71. The molecule has 20 heavy (non-hydrogen) atoms. The first-order valence-corrected chi connectivity index (χ1v) is 7.42. The van der Waals surface area contributed by atoms with E-state index in [1.807, 2.05) is 0 Å². The van der Waals surface area contributed by atoms with E-state index in [9.17, 15) is 18.6 Å². The summed E-state index contributed by atoms with van der Waals surface area (Å²) in [7, 11) is -3.90. The topological polar surface area (TPSA) is 128 Å². The van der Waals surface area contributed by atoms with Gasteiger partial charge in [0.1, 0.15) is 4.90 Å². The van der Waals surface area contributed by atoms with Crippen molar-refractivity contribution in [3.63, 3.8) is 0 Å². The van der Waals surface area contributed by atoms with Gasteiger partial charge in [-0.3, -0.25) is 0 Å². The third kappa shape index (κ3) is 2.63. The first kappa shape index (κ1) is 14.8. The van der Waals surface area contributed by atoms with Gasteiger partial charge in [0.2, 0.25) is 10.0 Å². The van der Waals surface area contributed by atoms with Crippen LogP contribution in [0.3, 0.4) is 0 Å². The fourth-order valence-electron chi connectivity index (χ4n) is 1.83. The maximum Gasteiger partial charge on any atom is 0.243 e. The first-order valence-electron chi connectivity index (χ1n) is 5.94. The molecule has 0 radical (unpaired) electrons. The first-order chi connectivity index (χ1) is 9.31. The standard InChI is InChI=1S/C12H17N3O4S/c1-12(6-16,7-17)15-20(18,19)11-5-14-10-3-2-8(13)4-9(10)11/h2-5,14-17H,6-7,13H2,1H3. The number of nitrogens with one attached hydrogen (secondary N) is 2. The number of aromatic amines is 1. The minimum Gasteiger partial charge on any atom is -0.399 e. The van der Waals surface area contributed by atoms with Gasteiger partial charge >= 0.3 is 0 Å². The Morgan fingerprint density at radius 3 is 2.60 bits per heavy atom. The summed E-state index contributed by atoms with van der Waals surface area (Å²) in [5, 5.41) is 18.8. The van der Waals surface area contributed by atoms with Crippen LogP contribution in [0, 0.1) is 0 Å². The molecule has 0 saturated carbocycles. The fourth-order valence-corrected chi connectivity index (χ4v) is 3.39. The molecule has 0 atom stereocenters. The second kappa shape index (κ2) is 5.06. The molecule has 8 heteroatoms. The highest BCUT2D eigenvalue weighted by atomic mass is 32.2. The molecule has 2 rings (SSSR count). The van der Waals surface area contributed by atoms with Crippen molar-refractivity contribution in [2.24, 2.45) is 0 Å². The number of benzene rings is 1. The lowest BCUT2D eigenvalue weighted by molar-refractivity contribution is 0.122. The number of hydrogen-bond acceptors (Lipinski definition) is 5. The number of fused-ring (bicyclic) bond motifs is 1. The van der Waals surface area contributed by atoms with Gasteiger partial charge in [0, 0.05) is 22.8 Å². The van der Waals surface area contributed by atoms with Gasteiger partial charge in [-0.15, -0.1) is 0 Å². The Hall–Kier alpha value is -1.61. The summed E-state index contributed by atoms with van der Waals surface area (Å²) in [6, 6.07) is 4.89. The van der Waals surface area contributed by atoms with Crippen LogP contribution in [0.5, 0.6) is 0 Å². The molecule has 0 amide bonds. The molecule has 0 unspecified atom stereocenters. The Bertz CT molecular complexity index is 719. The maximum atomic E-state index is 12.4. The van der Waals surface area contributed by atoms with Crippen molar-refractivity contribution in [2.75, 3.05) is 18.9 Å². The molecule has 7 nitrogen and oxygen atoms in total. The number of rotatable bonds is 5. The largest absolute Gasteiger partial charge is 0.399 e. The third-order valence-electron chi connectivity index (χ3n) is 3.04. The minimum absolute atomic E-state index is 0.0212. The Balaban J connectivity index is 2.50. The second-order valence-electron chi connectivity index (χ2n) is 4.94. The molecule has 0 bridgehead atoms. The zero-order valence-corrected chi connectivity index (χ0v) is 11.7. The van der Waals surface area contributed by atoms with E-state index in [1.165, 1.54) is 13.1 Å². The molecule has 0 aliphatic carbocycles. The molecule has 0 saturated heterocycles. The number of nitrogen functional groups attached to an aromatic ring is 1.